The number of rotatable bonds is 3. The monoisotopic (exact) mass is 328 g/mol. The van der Waals surface area contributed by atoms with Crippen LogP contribution in [0.1, 0.15) is 19.8 Å². The number of halogens is 2. The standard InChI is InChI=1S/C11H14F2O7S/c1-10(20-9(15)11(12,13)21(16,17)18)4-2-5-6(3-4)8(14)19-7(5)10/h4-8,14H,2-3H2,1H3,(H,16,17,18). The van der Waals surface area contributed by atoms with Gasteiger partial charge in [-0.1, -0.05) is 0 Å². The van der Waals surface area contributed by atoms with E-state index in [2.05, 4.69) is 0 Å². The lowest BCUT2D eigenvalue weighted by Crippen LogP contribution is -2.52. The van der Waals surface area contributed by atoms with Crippen molar-refractivity contribution in [2.45, 2.75) is 43.0 Å². The largest absolute Gasteiger partial charge is 0.465 e. The van der Waals surface area contributed by atoms with Crippen molar-refractivity contribution in [3.63, 3.8) is 0 Å². The summed E-state index contributed by atoms with van der Waals surface area (Å²) in [5, 5.41) is 4.67. The highest BCUT2D eigenvalue weighted by Crippen LogP contribution is 2.61. The number of hydrogen-bond acceptors (Lipinski definition) is 6. The van der Waals surface area contributed by atoms with Crippen LogP contribution in [0.3, 0.4) is 0 Å². The average molecular weight is 328 g/mol. The smallest absolute Gasteiger partial charge is 0.451 e. The first-order valence-corrected chi connectivity index (χ1v) is 7.84. The molecule has 7 nitrogen and oxygen atoms in total. The van der Waals surface area contributed by atoms with Crippen LogP contribution >= 0.6 is 0 Å². The lowest BCUT2D eigenvalue weighted by molar-refractivity contribution is -0.201. The van der Waals surface area contributed by atoms with Crippen molar-refractivity contribution < 1.29 is 41.1 Å². The first kappa shape index (κ1) is 15.1. The van der Waals surface area contributed by atoms with E-state index < -0.39 is 39.3 Å². The fourth-order valence-corrected chi connectivity index (χ4v) is 4.15. The molecule has 10 heteroatoms. The summed E-state index contributed by atoms with van der Waals surface area (Å²) in [6.45, 7) is 1.38. The summed E-state index contributed by atoms with van der Waals surface area (Å²) in [5.74, 6) is -2.85. The van der Waals surface area contributed by atoms with Crippen molar-refractivity contribution in [3.05, 3.63) is 0 Å². The second-order valence-corrected chi connectivity index (χ2v) is 7.47. The van der Waals surface area contributed by atoms with Crippen LogP contribution in [0, 0.1) is 17.8 Å². The Morgan fingerprint density at radius 2 is 1.95 bits per heavy atom. The van der Waals surface area contributed by atoms with Gasteiger partial charge in [0, 0.05) is 11.8 Å². The summed E-state index contributed by atoms with van der Waals surface area (Å²) in [5.41, 5.74) is -1.44. The van der Waals surface area contributed by atoms with Gasteiger partial charge in [0.05, 0.1) is 0 Å². The summed E-state index contributed by atoms with van der Waals surface area (Å²) in [7, 11) is -5.91. The zero-order valence-corrected chi connectivity index (χ0v) is 11.7. The second-order valence-electron chi connectivity index (χ2n) is 6.01. The highest BCUT2D eigenvalue weighted by Gasteiger charge is 2.69. The van der Waals surface area contributed by atoms with Gasteiger partial charge in [0.1, 0.15) is 11.7 Å². The van der Waals surface area contributed by atoms with Crippen LogP contribution in [0.4, 0.5) is 8.78 Å². The Morgan fingerprint density at radius 3 is 2.52 bits per heavy atom. The molecule has 3 fully saturated rings. The molecule has 0 amide bonds. The quantitative estimate of drug-likeness (QED) is 0.560. The Labute approximate surface area is 119 Å². The Hall–Kier alpha value is -0.840. The molecule has 3 rings (SSSR count). The summed E-state index contributed by atoms with van der Waals surface area (Å²) in [6, 6.07) is 0. The number of hydrogen-bond donors (Lipinski definition) is 2. The van der Waals surface area contributed by atoms with Crippen molar-refractivity contribution in [1.29, 1.82) is 0 Å². The molecule has 21 heavy (non-hydrogen) atoms. The van der Waals surface area contributed by atoms with Crippen LogP contribution in [-0.2, 0) is 24.4 Å². The van der Waals surface area contributed by atoms with E-state index in [4.69, 9.17) is 14.0 Å². The van der Waals surface area contributed by atoms with Gasteiger partial charge in [0.2, 0.25) is 0 Å². The van der Waals surface area contributed by atoms with Gasteiger partial charge >= 0.3 is 21.3 Å². The maximum absolute atomic E-state index is 13.3. The van der Waals surface area contributed by atoms with Crippen molar-refractivity contribution in [1.82, 2.24) is 0 Å². The third-order valence-corrected chi connectivity index (χ3v) is 5.77. The van der Waals surface area contributed by atoms with Gasteiger partial charge in [-0.15, -0.1) is 0 Å². The van der Waals surface area contributed by atoms with E-state index in [0.29, 0.717) is 12.8 Å². The highest BCUT2D eigenvalue weighted by molar-refractivity contribution is 7.87. The molecule has 0 radical (unpaired) electrons. The summed E-state index contributed by atoms with van der Waals surface area (Å²) < 4.78 is 66.2. The van der Waals surface area contributed by atoms with E-state index in [9.17, 15) is 27.1 Å². The van der Waals surface area contributed by atoms with Gasteiger partial charge in [-0.2, -0.15) is 17.2 Å². The molecule has 0 aromatic carbocycles. The molecule has 0 spiro atoms. The van der Waals surface area contributed by atoms with E-state index in [1.54, 1.807) is 0 Å². The summed E-state index contributed by atoms with van der Waals surface area (Å²) in [4.78, 5) is 11.5. The van der Waals surface area contributed by atoms with Gasteiger partial charge in [0.15, 0.2) is 6.29 Å². The minimum atomic E-state index is -5.91. The van der Waals surface area contributed by atoms with Crippen molar-refractivity contribution in [2.75, 3.05) is 0 Å². The third kappa shape index (κ3) is 1.85. The van der Waals surface area contributed by atoms with E-state index >= 15 is 0 Å². The number of alkyl halides is 2. The number of esters is 1. The summed E-state index contributed by atoms with van der Waals surface area (Å²) in [6.07, 6.45) is -0.790. The Morgan fingerprint density at radius 1 is 1.38 bits per heavy atom. The Bertz CT molecular complexity index is 591. The molecule has 2 N–H and O–H groups in total. The molecule has 3 aliphatic rings. The third-order valence-electron chi connectivity index (χ3n) is 4.95. The van der Waals surface area contributed by atoms with Crippen LogP contribution in [0.5, 0.6) is 0 Å². The van der Waals surface area contributed by atoms with Gasteiger partial charge < -0.3 is 14.6 Å². The molecule has 0 aromatic heterocycles. The molecule has 1 aliphatic heterocycles. The zero-order chi connectivity index (χ0) is 15.8. The lowest BCUT2D eigenvalue weighted by atomic mass is 9.79. The first-order valence-electron chi connectivity index (χ1n) is 6.40. The van der Waals surface area contributed by atoms with Crippen molar-refractivity contribution >= 4 is 16.1 Å². The van der Waals surface area contributed by atoms with E-state index in [-0.39, 0.29) is 17.8 Å². The van der Waals surface area contributed by atoms with E-state index in [1.165, 1.54) is 6.92 Å². The maximum atomic E-state index is 13.3. The van der Waals surface area contributed by atoms with Crippen molar-refractivity contribution in [2.24, 2.45) is 17.8 Å². The Balaban J connectivity index is 1.85. The van der Waals surface area contributed by atoms with E-state index in [1.807, 2.05) is 0 Å². The molecule has 2 aliphatic carbocycles. The first-order chi connectivity index (χ1) is 9.48. The highest BCUT2D eigenvalue weighted by atomic mass is 32.2. The number of carbonyl (C=O) groups excluding carboxylic acids is 1. The maximum Gasteiger partial charge on any atom is 0.465 e. The second kappa shape index (κ2) is 4.12. The average Bonchev–Trinajstić information content (AvgIpc) is 2.93. The SMILES string of the molecule is CC1(OC(=O)C(F)(F)S(=O)(=O)O)C2CC3C(O)OC1C3C2. The van der Waals surface area contributed by atoms with Crippen molar-refractivity contribution in [3.8, 4) is 0 Å². The lowest BCUT2D eigenvalue weighted by Gasteiger charge is -2.37. The normalized spacial score (nSPS) is 45.1. The minimum absolute atomic E-state index is 0.109. The molecule has 1 saturated heterocycles. The molecular formula is C11H14F2O7S. The molecule has 120 valence electrons. The minimum Gasteiger partial charge on any atom is -0.451 e. The molecule has 2 saturated carbocycles. The molecule has 2 bridgehead atoms. The Kier molecular flexibility index (Phi) is 2.96. The number of ether oxygens (including phenoxy) is 2. The predicted octanol–water partition coefficient (Wildman–Crippen LogP) is 0.142. The molecule has 1 heterocycles. The number of carbonyl (C=O) groups is 1. The van der Waals surface area contributed by atoms with E-state index in [0.717, 1.165) is 0 Å². The summed E-state index contributed by atoms with van der Waals surface area (Å²) >= 11 is 0. The predicted molar refractivity (Wildman–Crippen MR) is 61.6 cm³/mol. The van der Waals surface area contributed by atoms with Crippen LogP contribution in [0.2, 0.25) is 0 Å². The van der Waals surface area contributed by atoms with Crippen LogP contribution < -0.4 is 0 Å². The fourth-order valence-electron chi connectivity index (χ4n) is 3.90. The number of fused-ring (bicyclic) bond motifs is 1. The molecular weight excluding hydrogens is 314 g/mol. The van der Waals surface area contributed by atoms with Crippen LogP contribution in [0.25, 0.3) is 0 Å². The van der Waals surface area contributed by atoms with Crippen LogP contribution in [-0.4, -0.2) is 47.3 Å². The van der Waals surface area contributed by atoms with Gasteiger partial charge in [-0.05, 0) is 25.7 Å². The van der Waals surface area contributed by atoms with Gasteiger partial charge in [-0.3, -0.25) is 4.55 Å². The zero-order valence-electron chi connectivity index (χ0n) is 10.9. The topological polar surface area (TPSA) is 110 Å². The molecule has 0 aromatic rings. The van der Waals surface area contributed by atoms with Gasteiger partial charge in [0.25, 0.3) is 0 Å². The van der Waals surface area contributed by atoms with Gasteiger partial charge in [-0.25, -0.2) is 4.79 Å². The molecule has 6 atom stereocenters. The number of aliphatic hydroxyl groups is 1. The van der Waals surface area contributed by atoms with Crippen LogP contribution in [0.15, 0.2) is 0 Å². The molecule has 6 unspecified atom stereocenters. The number of aliphatic hydroxyl groups excluding tert-OH is 1. The fraction of sp³-hybridized carbons (Fsp3) is 0.909.